The van der Waals surface area contributed by atoms with Crippen LogP contribution in [0.2, 0.25) is 0 Å². The molecule has 2 aliphatic rings. The molecular formula is C23H27FN2O. The molecule has 2 aliphatic heterocycles. The summed E-state index contributed by atoms with van der Waals surface area (Å²) in [5.74, 6) is 0.787. The molecule has 0 aromatic heterocycles. The largest absolute Gasteiger partial charge is 0.341 e. The molecule has 1 amide bonds. The van der Waals surface area contributed by atoms with Crippen LogP contribution in [0.3, 0.4) is 0 Å². The Kier molecular flexibility index (Phi) is 4.55. The summed E-state index contributed by atoms with van der Waals surface area (Å²) in [4.78, 5) is 17.7. The average molecular weight is 366 g/mol. The van der Waals surface area contributed by atoms with Crippen molar-refractivity contribution in [1.29, 1.82) is 0 Å². The highest BCUT2D eigenvalue weighted by atomic mass is 19.1. The van der Waals surface area contributed by atoms with E-state index in [1.54, 1.807) is 12.1 Å². The second kappa shape index (κ2) is 6.75. The Hall–Kier alpha value is -2.20. The summed E-state index contributed by atoms with van der Waals surface area (Å²) in [6.07, 6.45) is 0. The van der Waals surface area contributed by atoms with Crippen LogP contribution in [0.25, 0.3) is 0 Å². The van der Waals surface area contributed by atoms with Crippen molar-refractivity contribution in [2.75, 3.05) is 26.7 Å². The molecule has 0 radical (unpaired) electrons. The first-order chi connectivity index (χ1) is 12.9. The Labute approximate surface area is 160 Å². The van der Waals surface area contributed by atoms with Crippen molar-refractivity contribution in [3.05, 3.63) is 71.5 Å². The third-order valence-electron chi connectivity index (χ3n) is 6.40. The topological polar surface area (TPSA) is 23.6 Å². The van der Waals surface area contributed by atoms with Crippen molar-refractivity contribution in [1.82, 2.24) is 9.80 Å². The van der Waals surface area contributed by atoms with Gasteiger partial charge < -0.3 is 4.90 Å². The van der Waals surface area contributed by atoms with Gasteiger partial charge in [0.15, 0.2) is 0 Å². The van der Waals surface area contributed by atoms with Gasteiger partial charge >= 0.3 is 0 Å². The second-order valence-corrected chi connectivity index (χ2v) is 8.56. The van der Waals surface area contributed by atoms with Crippen LogP contribution in [-0.4, -0.2) is 42.4 Å². The number of likely N-dealkylation sites (tertiary alicyclic amines) is 2. The van der Waals surface area contributed by atoms with Crippen LogP contribution in [0.1, 0.15) is 31.0 Å². The van der Waals surface area contributed by atoms with Crippen molar-refractivity contribution in [3.8, 4) is 0 Å². The smallest absolute Gasteiger partial charge is 0.232 e. The van der Waals surface area contributed by atoms with Gasteiger partial charge in [0.05, 0.1) is 5.41 Å². The average Bonchev–Trinajstić information content (AvgIpc) is 3.18. The van der Waals surface area contributed by atoms with Crippen LogP contribution in [0.5, 0.6) is 0 Å². The van der Waals surface area contributed by atoms with Gasteiger partial charge in [-0.1, -0.05) is 42.5 Å². The zero-order valence-corrected chi connectivity index (χ0v) is 16.2. The fraction of sp³-hybridized carbons (Fsp3) is 0.435. The lowest BCUT2D eigenvalue weighted by Gasteiger charge is -2.32. The first-order valence-electron chi connectivity index (χ1n) is 9.68. The van der Waals surface area contributed by atoms with Gasteiger partial charge in [0.1, 0.15) is 5.82 Å². The Morgan fingerprint density at radius 1 is 1.04 bits per heavy atom. The third-order valence-corrected chi connectivity index (χ3v) is 6.40. The summed E-state index contributed by atoms with van der Waals surface area (Å²) >= 11 is 0. The molecule has 142 valence electrons. The zero-order chi connectivity index (χ0) is 19.2. The monoisotopic (exact) mass is 366 g/mol. The van der Waals surface area contributed by atoms with Crippen LogP contribution in [0.15, 0.2) is 54.6 Å². The highest BCUT2D eigenvalue weighted by molar-refractivity contribution is 5.87. The molecule has 0 saturated carbocycles. The number of nitrogens with zero attached hydrogens (tertiary/aromatic N) is 2. The minimum absolute atomic E-state index is 0.170. The van der Waals surface area contributed by atoms with E-state index in [0.29, 0.717) is 11.8 Å². The quantitative estimate of drug-likeness (QED) is 0.823. The van der Waals surface area contributed by atoms with Crippen LogP contribution < -0.4 is 0 Å². The number of fused-ring (bicyclic) bond motifs is 1. The molecule has 3 atom stereocenters. The number of benzene rings is 2. The lowest BCUT2D eigenvalue weighted by atomic mass is 9.83. The van der Waals surface area contributed by atoms with Gasteiger partial charge in [-0.15, -0.1) is 0 Å². The Balaban J connectivity index is 1.55. The Bertz CT molecular complexity index is 835. The van der Waals surface area contributed by atoms with Crippen LogP contribution in [-0.2, 0) is 10.2 Å². The van der Waals surface area contributed by atoms with Crippen LogP contribution in [0, 0.1) is 17.7 Å². The number of halogens is 1. The Morgan fingerprint density at radius 3 is 2.48 bits per heavy atom. The van der Waals surface area contributed by atoms with Gasteiger partial charge in [-0.05, 0) is 50.1 Å². The molecule has 4 heteroatoms. The number of hydrogen-bond acceptors (Lipinski definition) is 2. The van der Waals surface area contributed by atoms with E-state index in [0.717, 1.165) is 30.8 Å². The maximum Gasteiger partial charge on any atom is 0.232 e. The first kappa shape index (κ1) is 18.2. The molecule has 2 aromatic carbocycles. The summed E-state index contributed by atoms with van der Waals surface area (Å²) in [6.45, 7) is 6.49. The maximum absolute atomic E-state index is 13.8. The number of carbonyl (C=O) groups is 1. The third kappa shape index (κ3) is 3.16. The molecule has 0 N–H and O–H groups in total. The molecule has 2 fully saturated rings. The predicted molar refractivity (Wildman–Crippen MR) is 105 cm³/mol. The van der Waals surface area contributed by atoms with Crippen molar-refractivity contribution in [3.63, 3.8) is 0 Å². The second-order valence-electron chi connectivity index (χ2n) is 8.56. The normalized spacial score (nSPS) is 25.6. The van der Waals surface area contributed by atoms with Gasteiger partial charge in [0, 0.05) is 31.6 Å². The summed E-state index contributed by atoms with van der Waals surface area (Å²) in [6, 6.07) is 17.1. The van der Waals surface area contributed by atoms with Crippen molar-refractivity contribution >= 4 is 5.91 Å². The molecule has 0 bridgehead atoms. The van der Waals surface area contributed by atoms with E-state index in [1.165, 1.54) is 6.07 Å². The number of amides is 1. The molecule has 4 rings (SSSR count). The molecule has 2 aromatic rings. The summed E-state index contributed by atoms with van der Waals surface area (Å²) < 4.78 is 13.8. The standard InChI is InChI=1S/C23H27FN2O/c1-23(2,18-9-5-4-6-10-18)22(27)26-14-17-13-25(3)21(20(17)15-26)16-8-7-11-19(24)12-16/h4-12,17,20-21H,13-15H2,1-3H3/t17-,20+,21-/m0/s1. The van der Waals surface area contributed by atoms with Crippen LogP contribution >= 0.6 is 0 Å². The lowest BCUT2D eigenvalue weighted by Crippen LogP contribution is -2.43. The van der Waals surface area contributed by atoms with E-state index in [-0.39, 0.29) is 17.8 Å². The lowest BCUT2D eigenvalue weighted by molar-refractivity contribution is -0.135. The molecule has 0 unspecified atom stereocenters. The van der Waals surface area contributed by atoms with Crippen LogP contribution in [0.4, 0.5) is 4.39 Å². The van der Waals surface area contributed by atoms with Crippen molar-refractivity contribution < 1.29 is 9.18 Å². The molecular weight excluding hydrogens is 339 g/mol. The molecule has 0 spiro atoms. The van der Waals surface area contributed by atoms with Crippen molar-refractivity contribution in [2.45, 2.75) is 25.3 Å². The molecule has 2 heterocycles. The van der Waals surface area contributed by atoms with Gasteiger partial charge in [0.25, 0.3) is 0 Å². The maximum atomic E-state index is 13.8. The van der Waals surface area contributed by atoms with E-state index in [9.17, 15) is 9.18 Å². The minimum atomic E-state index is -0.542. The fourth-order valence-electron chi connectivity index (χ4n) is 4.99. The molecule has 2 saturated heterocycles. The Morgan fingerprint density at radius 2 is 1.78 bits per heavy atom. The number of rotatable bonds is 3. The number of hydrogen-bond donors (Lipinski definition) is 0. The minimum Gasteiger partial charge on any atom is -0.341 e. The van der Waals surface area contributed by atoms with E-state index < -0.39 is 5.41 Å². The van der Waals surface area contributed by atoms with Gasteiger partial charge in [-0.2, -0.15) is 0 Å². The summed E-state index contributed by atoms with van der Waals surface area (Å²) in [5, 5.41) is 0. The van der Waals surface area contributed by atoms with E-state index in [2.05, 4.69) is 11.9 Å². The molecule has 27 heavy (non-hydrogen) atoms. The van der Waals surface area contributed by atoms with E-state index in [1.807, 2.05) is 55.1 Å². The van der Waals surface area contributed by atoms with E-state index in [4.69, 9.17) is 0 Å². The molecule has 3 nitrogen and oxygen atoms in total. The highest BCUT2D eigenvalue weighted by Gasteiger charge is 2.49. The summed E-state index contributed by atoms with van der Waals surface area (Å²) in [7, 11) is 2.11. The van der Waals surface area contributed by atoms with E-state index >= 15 is 0 Å². The zero-order valence-electron chi connectivity index (χ0n) is 16.2. The predicted octanol–water partition coefficient (Wildman–Crippen LogP) is 3.86. The SMILES string of the molecule is CN1C[C@H]2CN(C(=O)C(C)(C)c3ccccc3)C[C@H]2[C@@H]1c1cccc(F)c1. The van der Waals surface area contributed by atoms with Gasteiger partial charge in [-0.25, -0.2) is 4.39 Å². The summed E-state index contributed by atoms with van der Waals surface area (Å²) in [5.41, 5.74) is 1.52. The first-order valence-corrected chi connectivity index (χ1v) is 9.68. The molecule has 0 aliphatic carbocycles. The van der Waals surface area contributed by atoms with Gasteiger partial charge in [-0.3, -0.25) is 9.69 Å². The van der Waals surface area contributed by atoms with Crippen molar-refractivity contribution in [2.24, 2.45) is 11.8 Å². The number of carbonyl (C=O) groups excluding carboxylic acids is 1. The van der Waals surface area contributed by atoms with Gasteiger partial charge in [0.2, 0.25) is 5.91 Å². The highest BCUT2D eigenvalue weighted by Crippen LogP contribution is 2.45. The fourth-order valence-corrected chi connectivity index (χ4v) is 4.99.